The Morgan fingerprint density at radius 3 is 2.49 bits per heavy atom. The van der Waals surface area contributed by atoms with Crippen molar-refractivity contribution >= 4 is 23.5 Å². The number of aliphatic hydroxyl groups is 3. The van der Waals surface area contributed by atoms with E-state index in [0.29, 0.717) is 43.0 Å². The standard InChI is InChI=1S/C27H32ClNO8/c1-3-36-18-9-6-15(7-10-18)13-17-14-16(8-11-19(17)28)24-22(31)21(30)23(32)25(37-24)26(33)29-12-4-5-20(29)27(34)35-2/h6-11,14,20-25,30-32H,3-5,12-13H2,1-2H3/t20?,21-,22-,23+,24+,25+/m1/s1. The van der Waals surface area contributed by atoms with E-state index in [1.165, 1.54) is 12.0 Å². The third-order valence-electron chi connectivity index (χ3n) is 6.89. The van der Waals surface area contributed by atoms with Gasteiger partial charge in [0, 0.05) is 11.6 Å². The van der Waals surface area contributed by atoms with E-state index in [-0.39, 0.29) is 0 Å². The average Bonchev–Trinajstić information content (AvgIpc) is 3.39. The molecule has 2 heterocycles. The predicted octanol–water partition coefficient (Wildman–Crippen LogP) is 2.02. The first-order valence-corrected chi connectivity index (χ1v) is 12.7. The molecule has 0 spiro atoms. The summed E-state index contributed by atoms with van der Waals surface area (Å²) in [6.45, 7) is 2.78. The van der Waals surface area contributed by atoms with Gasteiger partial charge in [-0.2, -0.15) is 0 Å². The van der Waals surface area contributed by atoms with E-state index in [1.54, 1.807) is 18.2 Å². The number of esters is 1. The molecule has 9 nitrogen and oxygen atoms in total. The lowest BCUT2D eigenvalue weighted by molar-refractivity contribution is -0.227. The third-order valence-corrected chi connectivity index (χ3v) is 7.26. The van der Waals surface area contributed by atoms with Crippen molar-refractivity contribution in [2.45, 2.75) is 62.7 Å². The molecule has 200 valence electrons. The van der Waals surface area contributed by atoms with E-state index in [4.69, 9.17) is 25.8 Å². The summed E-state index contributed by atoms with van der Waals surface area (Å²) in [6.07, 6.45) is -5.87. The van der Waals surface area contributed by atoms with Crippen molar-refractivity contribution in [2.24, 2.45) is 0 Å². The maximum Gasteiger partial charge on any atom is 0.328 e. The Bertz CT molecular complexity index is 1110. The molecule has 0 aromatic heterocycles. The molecule has 2 fully saturated rings. The number of likely N-dealkylation sites (tertiary alicyclic amines) is 1. The van der Waals surface area contributed by atoms with E-state index in [1.807, 2.05) is 31.2 Å². The number of hydrogen-bond donors (Lipinski definition) is 3. The smallest absolute Gasteiger partial charge is 0.328 e. The van der Waals surface area contributed by atoms with Crippen LogP contribution >= 0.6 is 11.6 Å². The maximum absolute atomic E-state index is 13.3. The Morgan fingerprint density at radius 1 is 1.08 bits per heavy atom. The fraction of sp³-hybridized carbons (Fsp3) is 0.481. The number of ether oxygens (including phenoxy) is 3. The fourth-order valence-corrected chi connectivity index (χ4v) is 5.12. The molecule has 2 aliphatic heterocycles. The van der Waals surface area contributed by atoms with Gasteiger partial charge in [0.2, 0.25) is 0 Å². The number of amides is 1. The Balaban J connectivity index is 1.56. The monoisotopic (exact) mass is 533 g/mol. The summed E-state index contributed by atoms with van der Waals surface area (Å²) >= 11 is 6.46. The van der Waals surface area contributed by atoms with Crippen LogP contribution in [0.4, 0.5) is 0 Å². The van der Waals surface area contributed by atoms with Crippen molar-refractivity contribution in [1.82, 2.24) is 4.90 Å². The van der Waals surface area contributed by atoms with Crippen molar-refractivity contribution in [3.05, 3.63) is 64.2 Å². The number of aliphatic hydroxyl groups excluding tert-OH is 3. The summed E-state index contributed by atoms with van der Waals surface area (Å²) in [5.41, 5.74) is 2.24. The van der Waals surface area contributed by atoms with Gasteiger partial charge in [0.15, 0.2) is 6.10 Å². The van der Waals surface area contributed by atoms with Crippen LogP contribution < -0.4 is 4.74 Å². The van der Waals surface area contributed by atoms with Crippen LogP contribution in [0, 0.1) is 0 Å². The second kappa shape index (κ2) is 11.8. The summed E-state index contributed by atoms with van der Waals surface area (Å²) < 4.78 is 16.2. The average molecular weight is 534 g/mol. The summed E-state index contributed by atoms with van der Waals surface area (Å²) in [6, 6.07) is 11.9. The molecule has 1 amide bonds. The molecule has 6 atom stereocenters. The number of nitrogens with zero attached hydrogens (tertiary/aromatic N) is 1. The van der Waals surface area contributed by atoms with Gasteiger partial charge in [-0.1, -0.05) is 35.9 Å². The number of carbonyl (C=O) groups excluding carboxylic acids is 2. The molecule has 0 aliphatic carbocycles. The lowest BCUT2D eigenvalue weighted by atomic mass is 9.89. The van der Waals surface area contributed by atoms with Crippen LogP contribution in [0.3, 0.4) is 0 Å². The van der Waals surface area contributed by atoms with E-state index in [9.17, 15) is 24.9 Å². The summed E-state index contributed by atoms with van der Waals surface area (Å²) in [7, 11) is 1.25. The van der Waals surface area contributed by atoms with Crippen molar-refractivity contribution in [1.29, 1.82) is 0 Å². The number of halogens is 1. The largest absolute Gasteiger partial charge is 0.494 e. The molecule has 4 rings (SSSR count). The fourth-order valence-electron chi connectivity index (χ4n) is 4.93. The minimum atomic E-state index is -1.67. The van der Waals surface area contributed by atoms with Gasteiger partial charge in [0.25, 0.3) is 5.91 Å². The number of hydrogen-bond acceptors (Lipinski definition) is 8. The lowest BCUT2D eigenvalue weighted by Gasteiger charge is -2.41. The Hall–Kier alpha value is -2.69. The lowest BCUT2D eigenvalue weighted by Crippen LogP contribution is -2.60. The molecule has 3 N–H and O–H groups in total. The van der Waals surface area contributed by atoms with Crippen LogP contribution in [0.25, 0.3) is 0 Å². The number of carbonyl (C=O) groups is 2. The molecule has 0 saturated carbocycles. The van der Waals surface area contributed by atoms with Gasteiger partial charge in [-0.05, 0) is 61.1 Å². The van der Waals surface area contributed by atoms with Gasteiger partial charge in [0.1, 0.15) is 36.2 Å². The van der Waals surface area contributed by atoms with Crippen molar-refractivity contribution in [3.63, 3.8) is 0 Å². The maximum atomic E-state index is 13.3. The molecule has 37 heavy (non-hydrogen) atoms. The number of methoxy groups -OCH3 is 1. The van der Waals surface area contributed by atoms with Crippen LogP contribution in [0.5, 0.6) is 5.75 Å². The summed E-state index contributed by atoms with van der Waals surface area (Å²) in [4.78, 5) is 26.8. The van der Waals surface area contributed by atoms with Crippen molar-refractivity contribution in [2.75, 3.05) is 20.3 Å². The van der Waals surface area contributed by atoms with Crippen LogP contribution in [-0.4, -0.2) is 82.8 Å². The van der Waals surface area contributed by atoms with E-state index in [2.05, 4.69) is 0 Å². The van der Waals surface area contributed by atoms with Crippen molar-refractivity contribution in [3.8, 4) is 5.75 Å². The summed E-state index contributed by atoms with van der Waals surface area (Å²) in [5, 5.41) is 32.5. The molecule has 2 saturated heterocycles. The minimum Gasteiger partial charge on any atom is -0.494 e. The predicted molar refractivity (Wildman–Crippen MR) is 134 cm³/mol. The number of benzene rings is 2. The molecule has 10 heteroatoms. The highest BCUT2D eigenvalue weighted by atomic mass is 35.5. The normalized spacial score (nSPS) is 27.7. The van der Waals surface area contributed by atoms with Crippen LogP contribution in [-0.2, 0) is 25.5 Å². The highest BCUT2D eigenvalue weighted by Gasteiger charge is 2.50. The molecule has 2 aliphatic rings. The molecule has 2 aromatic carbocycles. The highest BCUT2D eigenvalue weighted by Crippen LogP contribution is 2.36. The molecule has 2 aromatic rings. The van der Waals surface area contributed by atoms with E-state index >= 15 is 0 Å². The zero-order valence-corrected chi connectivity index (χ0v) is 21.5. The minimum absolute atomic E-state index is 0.293. The van der Waals surface area contributed by atoms with Gasteiger partial charge in [0.05, 0.1) is 13.7 Å². The zero-order chi connectivity index (χ0) is 26.7. The molecule has 0 radical (unpaired) electrons. The van der Waals surface area contributed by atoms with Gasteiger partial charge in [-0.15, -0.1) is 0 Å². The van der Waals surface area contributed by atoms with Gasteiger partial charge >= 0.3 is 5.97 Å². The second-order valence-electron chi connectivity index (χ2n) is 9.27. The first kappa shape index (κ1) is 27.3. The van der Waals surface area contributed by atoms with Crippen LogP contribution in [0.1, 0.15) is 42.6 Å². The highest BCUT2D eigenvalue weighted by molar-refractivity contribution is 6.31. The van der Waals surface area contributed by atoms with Crippen molar-refractivity contribution < 1.29 is 39.1 Å². The third kappa shape index (κ3) is 5.76. The van der Waals surface area contributed by atoms with Crippen LogP contribution in [0.2, 0.25) is 5.02 Å². The molecule has 1 unspecified atom stereocenters. The Morgan fingerprint density at radius 2 is 1.81 bits per heavy atom. The second-order valence-corrected chi connectivity index (χ2v) is 9.67. The Labute approximate surface area is 220 Å². The quantitative estimate of drug-likeness (QED) is 0.462. The SMILES string of the molecule is CCOc1ccc(Cc2cc([C@@H]3O[C@H](C(=O)N4CCCC4C(=O)OC)[C@@H](O)[C@H](O)[C@H]3O)ccc2Cl)cc1. The summed E-state index contributed by atoms with van der Waals surface area (Å²) in [5.74, 6) is -0.426. The number of rotatable bonds is 7. The van der Waals surface area contributed by atoms with E-state index in [0.717, 1.165) is 16.9 Å². The molecular weight excluding hydrogens is 502 g/mol. The molecular formula is C27H32ClNO8. The van der Waals surface area contributed by atoms with E-state index < -0.39 is 48.4 Å². The van der Waals surface area contributed by atoms with Gasteiger partial charge in [-0.25, -0.2) is 4.79 Å². The zero-order valence-electron chi connectivity index (χ0n) is 20.7. The van der Waals surface area contributed by atoms with Crippen LogP contribution in [0.15, 0.2) is 42.5 Å². The van der Waals surface area contributed by atoms with Gasteiger partial charge in [-0.3, -0.25) is 4.79 Å². The Kier molecular flexibility index (Phi) is 8.71. The first-order chi connectivity index (χ1) is 17.7. The topological polar surface area (TPSA) is 126 Å². The van der Waals surface area contributed by atoms with Gasteiger partial charge < -0.3 is 34.4 Å². The molecule has 0 bridgehead atoms. The first-order valence-electron chi connectivity index (χ1n) is 12.3.